The highest BCUT2D eigenvalue weighted by Gasteiger charge is 2.05. The number of nitrogens with zero attached hydrogens (tertiary/aromatic N) is 1. The Morgan fingerprint density at radius 2 is 2.17 bits per heavy atom. The molecule has 0 spiro atoms. The molecule has 12 heavy (non-hydrogen) atoms. The highest BCUT2D eigenvalue weighted by atomic mass is 16.5. The van der Waals surface area contributed by atoms with E-state index in [2.05, 4.69) is 5.16 Å². The molecule has 3 aromatic rings. The van der Waals surface area contributed by atoms with Crippen molar-refractivity contribution in [2.24, 2.45) is 0 Å². The quantitative estimate of drug-likeness (QED) is 0.506. The lowest BCUT2D eigenvalue weighted by Crippen LogP contribution is -1.64. The third-order valence-corrected chi connectivity index (χ3v) is 1.95. The smallest absolute Gasteiger partial charge is 0.177 e. The second-order valence-electron chi connectivity index (χ2n) is 2.64. The molecule has 2 aromatic heterocycles. The molecule has 0 radical (unpaired) electrons. The molecule has 0 unspecified atom stereocenters. The molecule has 0 fully saturated rings. The summed E-state index contributed by atoms with van der Waals surface area (Å²) in [5.41, 5.74) is 1.63. The molecule has 3 heteroatoms. The third-order valence-electron chi connectivity index (χ3n) is 1.95. The minimum Gasteiger partial charge on any atom is -0.464 e. The maximum atomic E-state index is 5.21. The molecule has 0 atom stereocenters. The fourth-order valence-corrected chi connectivity index (χ4v) is 1.37. The van der Waals surface area contributed by atoms with E-state index in [1.165, 1.54) is 0 Å². The first-order chi connectivity index (χ1) is 5.95. The summed E-state index contributed by atoms with van der Waals surface area (Å²) in [6.45, 7) is 0. The summed E-state index contributed by atoms with van der Waals surface area (Å²) in [6, 6.07) is 5.72. The van der Waals surface area contributed by atoms with Gasteiger partial charge in [0.2, 0.25) is 0 Å². The largest absolute Gasteiger partial charge is 0.464 e. The summed E-state index contributed by atoms with van der Waals surface area (Å²) in [4.78, 5) is 0. The Bertz CT molecular complexity index is 486. The molecule has 0 aliphatic heterocycles. The second-order valence-corrected chi connectivity index (χ2v) is 2.64. The van der Waals surface area contributed by atoms with Crippen molar-refractivity contribution < 1.29 is 8.94 Å². The van der Waals surface area contributed by atoms with Gasteiger partial charge in [0.05, 0.1) is 17.8 Å². The molecule has 3 rings (SSSR count). The van der Waals surface area contributed by atoms with Crippen molar-refractivity contribution in [3.63, 3.8) is 0 Å². The highest BCUT2D eigenvalue weighted by Crippen LogP contribution is 2.25. The molecular weight excluding hydrogens is 154 g/mol. The summed E-state index contributed by atoms with van der Waals surface area (Å²) < 4.78 is 10.3. The minimum atomic E-state index is 0.793. The molecule has 0 bridgehead atoms. The summed E-state index contributed by atoms with van der Waals surface area (Å²) in [6.07, 6.45) is 3.34. The van der Waals surface area contributed by atoms with Crippen LogP contribution in [0.25, 0.3) is 21.9 Å². The Hall–Kier alpha value is -1.77. The number of rotatable bonds is 0. The van der Waals surface area contributed by atoms with Crippen LogP contribution in [0.15, 0.2) is 39.6 Å². The molecule has 58 valence electrons. The highest BCUT2D eigenvalue weighted by molar-refractivity contribution is 6.01. The zero-order chi connectivity index (χ0) is 7.97. The van der Waals surface area contributed by atoms with Crippen molar-refractivity contribution in [3.8, 4) is 0 Å². The molecule has 0 saturated heterocycles. The van der Waals surface area contributed by atoms with E-state index in [1.54, 1.807) is 12.5 Å². The van der Waals surface area contributed by atoms with E-state index in [9.17, 15) is 0 Å². The van der Waals surface area contributed by atoms with Gasteiger partial charge >= 0.3 is 0 Å². The number of hydrogen-bond donors (Lipinski definition) is 0. The average Bonchev–Trinajstić information content (AvgIpc) is 2.71. The van der Waals surface area contributed by atoms with Gasteiger partial charge in [-0.3, -0.25) is 0 Å². The van der Waals surface area contributed by atoms with Crippen LogP contribution in [-0.4, -0.2) is 5.16 Å². The molecule has 0 saturated carbocycles. The lowest BCUT2D eigenvalue weighted by atomic mass is 10.2. The summed E-state index contributed by atoms with van der Waals surface area (Å²) in [5, 5.41) is 5.69. The lowest BCUT2D eigenvalue weighted by molar-refractivity contribution is 0.458. The van der Waals surface area contributed by atoms with Gasteiger partial charge in [0, 0.05) is 5.39 Å². The maximum Gasteiger partial charge on any atom is 0.177 e. The van der Waals surface area contributed by atoms with Gasteiger partial charge in [0.25, 0.3) is 0 Å². The SMILES string of the molecule is c1cc2c(ccc3cnoc32)o1. The van der Waals surface area contributed by atoms with Gasteiger partial charge in [0.15, 0.2) is 5.58 Å². The monoisotopic (exact) mass is 159 g/mol. The zero-order valence-corrected chi connectivity index (χ0v) is 6.15. The van der Waals surface area contributed by atoms with Crippen LogP contribution in [0.1, 0.15) is 0 Å². The van der Waals surface area contributed by atoms with Crippen molar-refractivity contribution in [2.45, 2.75) is 0 Å². The first kappa shape index (κ1) is 5.83. The van der Waals surface area contributed by atoms with Gasteiger partial charge < -0.3 is 8.94 Å². The Morgan fingerprint density at radius 3 is 3.17 bits per heavy atom. The van der Waals surface area contributed by atoms with Gasteiger partial charge in [-0.1, -0.05) is 5.16 Å². The number of fused-ring (bicyclic) bond motifs is 3. The predicted molar refractivity (Wildman–Crippen MR) is 43.8 cm³/mol. The Kier molecular flexibility index (Phi) is 0.913. The number of furan rings is 1. The average molecular weight is 159 g/mol. The molecule has 0 N–H and O–H groups in total. The van der Waals surface area contributed by atoms with Crippen LogP contribution in [-0.2, 0) is 0 Å². The van der Waals surface area contributed by atoms with E-state index in [4.69, 9.17) is 8.94 Å². The normalized spacial score (nSPS) is 11.3. The standard InChI is InChI=1S/C9H5NO2/c1-2-8-7(3-4-11-8)9-6(1)5-10-12-9/h1-5H. The summed E-state index contributed by atoms with van der Waals surface area (Å²) in [5.74, 6) is 0. The van der Waals surface area contributed by atoms with E-state index in [1.807, 2.05) is 18.2 Å². The van der Waals surface area contributed by atoms with Crippen molar-refractivity contribution >= 4 is 21.9 Å². The molecule has 1 aromatic carbocycles. The molecule has 2 heterocycles. The van der Waals surface area contributed by atoms with Gasteiger partial charge in [-0.25, -0.2) is 0 Å². The van der Waals surface area contributed by atoms with Gasteiger partial charge in [0.1, 0.15) is 5.58 Å². The maximum absolute atomic E-state index is 5.21. The number of benzene rings is 1. The van der Waals surface area contributed by atoms with Crippen LogP contribution in [0, 0.1) is 0 Å². The van der Waals surface area contributed by atoms with E-state index in [0.717, 1.165) is 21.9 Å². The Morgan fingerprint density at radius 1 is 1.17 bits per heavy atom. The van der Waals surface area contributed by atoms with Gasteiger partial charge in [-0.15, -0.1) is 0 Å². The topological polar surface area (TPSA) is 39.2 Å². The van der Waals surface area contributed by atoms with Crippen LogP contribution in [0.4, 0.5) is 0 Å². The number of aromatic nitrogens is 1. The van der Waals surface area contributed by atoms with Crippen LogP contribution in [0.3, 0.4) is 0 Å². The zero-order valence-electron chi connectivity index (χ0n) is 6.15. The van der Waals surface area contributed by atoms with E-state index >= 15 is 0 Å². The second kappa shape index (κ2) is 1.88. The fourth-order valence-electron chi connectivity index (χ4n) is 1.37. The first-order valence-electron chi connectivity index (χ1n) is 3.66. The van der Waals surface area contributed by atoms with Gasteiger partial charge in [-0.2, -0.15) is 0 Å². The molecule has 0 aliphatic rings. The third kappa shape index (κ3) is 0.580. The van der Waals surface area contributed by atoms with Crippen molar-refractivity contribution in [3.05, 3.63) is 30.7 Å². The van der Waals surface area contributed by atoms with Crippen molar-refractivity contribution in [2.75, 3.05) is 0 Å². The molecule has 0 amide bonds. The van der Waals surface area contributed by atoms with Gasteiger partial charge in [-0.05, 0) is 18.2 Å². The Balaban J connectivity index is 2.71. The van der Waals surface area contributed by atoms with Crippen LogP contribution in [0.5, 0.6) is 0 Å². The molecule has 3 nitrogen and oxygen atoms in total. The van der Waals surface area contributed by atoms with Crippen molar-refractivity contribution in [1.82, 2.24) is 5.16 Å². The Labute approximate surface area is 67.6 Å². The molecular formula is C9H5NO2. The fraction of sp³-hybridized carbons (Fsp3) is 0. The van der Waals surface area contributed by atoms with Crippen LogP contribution < -0.4 is 0 Å². The van der Waals surface area contributed by atoms with E-state index in [-0.39, 0.29) is 0 Å². The van der Waals surface area contributed by atoms with E-state index in [0.29, 0.717) is 0 Å². The summed E-state index contributed by atoms with van der Waals surface area (Å²) in [7, 11) is 0. The van der Waals surface area contributed by atoms with Crippen molar-refractivity contribution in [1.29, 1.82) is 0 Å². The molecule has 0 aliphatic carbocycles. The predicted octanol–water partition coefficient (Wildman–Crippen LogP) is 2.57. The minimum absolute atomic E-state index is 0.793. The van der Waals surface area contributed by atoms with Crippen LogP contribution in [0.2, 0.25) is 0 Å². The van der Waals surface area contributed by atoms with E-state index < -0.39 is 0 Å². The van der Waals surface area contributed by atoms with Crippen LogP contribution >= 0.6 is 0 Å². The lowest BCUT2D eigenvalue weighted by Gasteiger charge is -1.86. The first-order valence-corrected chi connectivity index (χ1v) is 3.66. The summed E-state index contributed by atoms with van der Waals surface area (Å²) >= 11 is 0. The number of hydrogen-bond acceptors (Lipinski definition) is 3.